The predicted octanol–water partition coefficient (Wildman–Crippen LogP) is 10.4. The second kappa shape index (κ2) is 16.7. The Bertz CT molecular complexity index is 664. The van der Waals surface area contributed by atoms with Crippen LogP contribution in [0.5, 0.6) is 11.5 Å². The van der Waals surface area contributed by atoms with Crippen molar-refractivity contribution >= 4 is 11.6 Å². The summed E-state index contributed by atoms with van der Waals surface area (Å²) in [5.74, 6) is 3.06. The molecule has 0 aromatic heterocycles. The van der Waals surface area contributed by atoms with Gasteiger partial charge in [0.2, 0.25) is 0 Å². The SMILES string of the molecule is CC.Cc1c(C)c(O)c(CCC(C)(Cl)CCCC(C)CCCC(C)CCCC(C)C)c(C)c1O. The largest absolute Gasteiger partial charge is 0.507 e. The van der Waals surface area contributed by atoms with Gasteiger partial charge in [0.05, 0.1) is 0 Å². The van der Waals surface area contributed by atoms with Gasteiger partial charge >= 0.3 is 0 Å². The van der Waals surface area contributed by atoms with Gasteiger partial charge in [0, 0.05) is 10.4 Å². The summed E-state index contributed by atoms with van der Waals surface area (Å²) in [6.07, 6.45) is 13.0. The first-order chi connectivity index (χ1) is 15.9. The van der Waals surface area contributed by atoms with Crippen LogP contribution in [0.1, 0.15) is 135 Å². The van der Waals surface area contributed by atoms with E-state index in [-0.39, 0.29) is 4.87 Å². The monoisotopic (exact) mass is 496 g/mol. The molecule has 1 rings (SSSR count). The summed E-state index contributed by atoms with van der Waals surface area (Å²) in [6.45, 7) is 21.1. The number of halogens is 1. The number of phenolic OH excluding ortho intramolecular Hbond substituents is 2. The quantitative estimate of drug-likeness (QED) is 0.187. The molecule has 0 bridgehead atoms. The number of alkyl halides is 1. The Kier molecular flexibility index (Phi) is 16.3. The second-order valence-electron chi connectivity index (χ2n) is 11.3. The predicted molar refractivity (Wildman–Crippen MR) is 153 cm³/mol. The molecule has 0 aliphatic rings. The Balaban J connectivity index is 0.00000529. The fraction of sp³-hybridized carbons (Fsp3) is 0.806. The van der Waals surface area contributed by atoms with Crippen molar-refractivity contribution in [2.75, 3.05) is 0 Å². The van der Waals surface area contributed by atoms with Crippen LogP contribution < -0.4 is 0 Å². The third-order valence-corrected chi connectivity index (χ3v) is 7.91. The van der Waals surface area contributed by atoms with Crippen LogP contribution in [0.4, 0.5) is 0 Å². The first-order valence-electron chi connectivity index (χ1n) is 14.0. The minimum Gasteiger partial charge on any atom is -0.507 e. The lowest BCUT2D eigenvalue weighted by Gasteiger charge is -2.24. The zero-order chi connectivity index (χ0) is 26.5. The van der Waals surface area contributed by atoms with Gasteiger partial charge in [0.15, 0.2) is 0 Å². The first-order valence-corrected chi connectivity index (χ1v) is 14.4. The van der Waals surface area contributed by atoms with Crippen molar-refractivity contribution in [1.29, 1.82) is 0 Å². The summed E-state index contributed by atoms with van der Waals surface area (Å²) >= 11 is 6.86. The van der Waals surface area contributed by atoms with Crippen molar-refractivity contribution < 1.29 is 10.2 Å². The molecule has 0 amide bonds. The lowest BCUT2D eigenvalue weighted by Crippen LogP contribution is -2.18. The van der Waals surface area contributed by atoms with Gasteiger partial charge in [-0.1, -0.05) is 92.9 Å². The molecule has 200 valence electrons. The van der Waals surface area contributed by atoms with E-state index in [1.165, 1.54) is 44.9 Å². The number of phenols is 2. The summed E-state index contributed by atoms with van der Waals surface area (Å²) in [4.78, 5) is -0.280. The maximum absolute atomic E-state index is 10.6. The Hall–Kier alpha value is -0.890. The van der Waals surface area contributed by atoms with Crippen LogP contribution in [0.15, 0.2) is 0 Å². The fourth-order valence-corrected chi connectivity index (χ4v) is 5.03. The van der Waals surface area contributed by atoms with Gasteiger partial charge in [-0.2, -0.15) is 0 Å². The Labute approximate surface area is 217 Å². The molecule has 0 radical (unpaired) electrons. The van der Waals surface area contributed by atoms with Crippen molar-refractivity contribution in [2.45, 2.75) is 145 Å². The van der Waals surface area contributed by atoms with Crippen molar-refractivity contribution in [3.05, 3.63) is 22.3 Å². The summed E-state index contributed by atoms with van der Waals surface area (Å²) in [5, 5.41) is 20.9. The maximum atomic E-state index is 10.6. The summed E-state index contributed by atoms with van der Waals surface area (Å²) in [6, 6.07) is 0. The molecule has 3 unspecified atom stereocenters. The minimum absolute atomic E-state index is 0.280. The van der Waals surface area contributed by atoms with Crippen LogP contribution >= 0.6 is 11.6 Å². The van der Waals surface area contributed by atoms with Crippen LogP contribution in [0.25, 0.3) is 0 Å². The number of benzene rings is 1. The third kappa shape index (κ3) is 12.2. The van der Waals surface area contributed by atoms with E-state index in [1.54, 1.807) is 0 Å². The third-order valence-electron chi connectivity index (χ3n) is 7.53. The van der Waals surface area contributed by atoms with Crippen LogP contribution in [0.2, 0.25) is 0 Å². The zero-order valence-electron chi connectivity index (χ0n) is 24.3. The summed E-state index contributed by atoms with van der Waals surface area (Å²) in [7, 11) is 0. The van der Waals surface area contributed by atoms with Gasteiger partial charge in [-0.3, -0.25) is 0 Å². The standard InChI is InChI=1S/C29H51ClO2.C2H6/c1-20(2)12-9-13-21(3)14-10-15-22(4)16-11-18-29(8,30)19-17-26-25(7)27(31)23(5)24(6)28(26)32;1-2/h20-22,31-32H,9-19H2,1-8H3;1-2H3. The molecule has 0 spiro atoms. The Morgan fingerprint density at radius 3 is 1.62 bits per heavy atom. The highest BCUT2D eigenvalue weighted by Gasteiger charge is 2.23. The van der Waals surface area contributed by atoms with Gasteiger partial charge in [-0.25, -0.2) is 0 Å². The average molecular weight is 497 g/mol. The van der Waals surface area contributed by atoms with Crippen LogP contribution in [-0.4, -0.2) is 15.1 Å². The smallest absolute Gasteiger partial charge is 0.122 e. The van der Waals surface area contributed by atoms with E-state index >= 15 is 0 Å². The van der Waals surface area contributed by atoms with E-state index in [0.29, 0.717) is 17.9 Å². The van der Waals surface area contributed by atoms with E-state index in [4.69, 9.17) is 11.6 Å². The highest BCUT2D eigenvalue weighted by atomic mass is 35.5. The molecule has 34 heavy (non-hydrogen) atoms. The van der Waals surface area contributed by atoms with Crippen LogP contribution in [0, 0.1) is 38.5 Å². The second-order valence-corrected chi connectivity index (χ2v) is 12.2. The molecule has 1 aromatic rings. The molecule has 0 saturated carbocycles. The van der Waals surface area contributed by atoms with E-state index in [9.17, 15) is 10.2 Å². The molecule has 1 aromatic carbocycles. The van der Waals surface area contributed by atoms with E-state index < -0.39 is 0 Å². The highest BCUT2D eigenvalue weighted by Crippen LogP contribution is 2.39. The van der Waals surface area contributed by atoms with Crippen molar-refractivity contribution in [3.8, 4) is 11.5 Å². The number of hydrogen-bond donors (Lipinski definition) is 2. The lowest BCUT2D eigenvalue weighted by molar-refractivity contribution is 0.379. The topological polar surface area (TPSA) is 40.5 Å². The molecular weight excluding hydrogens is 440 g/mol. The summed E-state index contributed by atoms with van der Waals surface area (Å²) in [5.41, 5.74) is 3.15. The summed E-state index contributed by atoms with van der Waals surface area (Å²) < 4.78 is 0. The van der Waals surface area contributed by atoms with Gasteiger partial charge in [-0.15, -0.1) is 11.6 Å². The maximum Gasteiger partial charge on any atom is 0.122 e. The number of aromatic hydroxyl groups is 2. The van der Waals surface area contributed by atoms with E-state index in [2.05, 4.69) is 34.6 Å². The molecular formula is C31H57ClO2. The van der Waals surface area contributed by atoms with E-state index in [0.717, 1.165) is 59.3 Å². The molecule has 0 aliphatic carbocycles. The molecule has 0 fully saturated rings. The van der Waals surface area contributed by atoms with Crippen LogP contribution in [-0.2, 0) is 6.42 Å². The molecule has 0 heterocycles. The highest BCUT2D eigenvalue weighted by molar-refractivity contribution is 6.23. The lowest BCUT2D eigenvalue weighted by atomic mass is 9.88. The first kappa shape index (κ1) is 33.1. The van der Waals surface area contributed by atoms with E-state index in [1.807, 2.05) is 34.6 Å². The average Bonchev–Trinajstić information content (AvgIpc) is 2.77. The van der Waals surface area contributed by atoms with Gasteiger partial charge in [-0.05, 0) is 81.4 Å². The number of hydrogen-bond acceptors (Lipinski definition) is 2. The van der Waals surface area contributed by atoms with Gasteiger partial charge in [0.25, 0.3) is 0 Å². The molecule has 2 nitrogen and oxygen atoms in total. The van der Waals surface area contributed by atoms with Crippen molar-refractivity contribution in [2.24, 2.45) is 17.8 Å². The van der Waals surface area contributed by atoms with Crippen LogP contribution in [0.3, 0.4) is 0 Å². The normalized spacial score (nSPS) is 14.9. The number of rotatable bonds is 15. The molecule has 3 heteroatoms. The molecule has 3 atom stereocenters. The minimum atomic E-state index is -0.280. The van der Waals surface area contributed by atoms with Gasteiger partial charge < -0.3 is 10.2 Å². The molecule has 0 saturated heterocycles. The molecule has 2 N–H and O–H groups in total. The van der Waals surface area contributed by atoms with Gasteiger partial charge in [0.1, 0.15) is 11.5 Å². The Morgan fingerprint density at radius 2 is 1.12 bits per heavy atom. The van der Waals surface area contributed by atoms with Crippen molar-refractivity contribution in [1.82, 2.24) is 0 Å². The Morgan fingerprint density at radius 1 is 0.676 bits per heavy atom. The van der Waals surface area contributed by atoms with Crippen molar-refractivity contribution in [3.63, 3.8) is 0 Å². The molecule has 0 aliphatic heterocycles. The fourth-order valence-electron chi connectivity index (χ4n) is 4.80. The zero-order valence-corrected chi connectivity index (χ0v) is 25.0.